The summed E-state index contributed by atoms with van der Waals surface area (Å²) in [5, 5.41) is 0. The molecule has 1 aliphatic heterocycles. The van der Waals surface area contributed by atoms with Crippen LogP contribution in [0.2, 0.25) is 0 Å². The number of urea groups is 1. The highest BCUT2D eigenvalue weighted by Gasteiger charge is 2.24. The lowest BCUT2D eigenvalue weighted by Gasteiger charge is -2.28. The SMILES string of the molecule is COc1cccc(N(CCCN)C(=O)N2CCCC2)c1. The zero-order valence-corrected chi connectivity index (χ0v) is 12.0. The summed E-state index contributed by atoms with van der Waals surface area (Å²) >= 11 is 0. The molecule has 0 spiro atoms. The van der Waals surface area contributed by atoms with Gasteiger partial charge in [-0.05, 0) is 37.9 Å². The number of methoxy groups -OCH3 is 1. The van der Waals surface area contributed by atoms with Crippen molar-refractivity contribution in [3.63, 3.8) is 0 Å². The van der Waals surface area contributed by atoms with Crippen molar-refractivity contribution in [1.29, 1.82) is 0 Å². The Labute approximate surface area is 120 Å². The van der Waals surface area contributed by atoms with Crippen LogP contribution in [0.5, 0.6) is 5.75 Å². The van der Waals surface area contributed by atoms with Gasteiger partial charge in [0.2, 0.25) is 0 Å². The lowest BCUT2D eigenvalue weighted by molar-refractivity contribution is 0.215. The second kappa shape index (κ2) is 7.14. The standard InChI is InChI=1S/C15H23N3O2/c1-20-14-7-4-6-13(12-14)18(11-5-8-16)15(19)17-9-2-3-10-17/h4,6-7,12H,2-3,5,8-11,16H2,1H3. The van der Waals surface area contributed by atoms with Crippen LogP contribution in [0.15, 0.2) is 24.3 Å². The summed E-state index contributed by atoms with van der Waals surface area (Å²) in [6.07, 6.45) is 2.97. The lowest BCUT2D eigenvalue weighted by Crippen LogP contribution is -2.42. The van der Waals surface area contributed by atoms with Crippen molar-refractivity contribution in [2.24, 2.45) is 5.73 Å². The molecule has 0 aliphatic carbocycles. The second-order valence-corrected chi connectivity index (χ2v) is 4.97. The molecule has 20 heavy (non-hydrogen) atoms. The Kier molecular flexibility index (Phi) is 5.24. The summed E-state index contributed by atoms with van der Waals surface area (Å²) in [5.74, 6) is 0.759. The predicted molar refractivity (Wildman–Crippen MR) is 80.2 cm³/mol. The Balaban J connectivity index is 2.18. The molecule has 0 unspecified atom stereocenters. The molecule has 2 amide bonds. The van der Waals surface area contributed by atoms with Gasteiger partial charge in [-0.25, -0.2) is 4.79 Å². The average molecular weight is 277 g/mol. The third-order valence-corrected chi connectivity index (χ3v) is 3.56. The van der Waals surface area contributed by atoms with Gasteiger partial charge in [0.05, 0.1) is 7.11 Å². The first kappa shape index (κ1) is 14.7. The quantitative estimate of drug-likeness (QED) is 0.896. The number of amides is 2. The molecule has 0 atom stereocenters. The molecule has 1 aromatic rings. The third-order valence-electron chi connectivity index (χ3n) is 3.56. The van der Waals surface area contributed by atoms with E-state index in [1.54, 1.807) is 12.0 Å². The minimum absolute atomic E-state index is 0.0733. The Morgan fingerprint density at radius 3 is 2.80 bits per heavy atom. The van der Waals surface area contributed by atoms with Gasteiger partial charge >= 0.3 is 6.03 Å². The van der Waals surface area contributed by atoms with E-state index in [2.05, 4.69) is 0 Å². The molecular weight excluding hydrogens is 254 g/mol. The van der Waals surface area contributed by atoms with Crippen molar-refractivity contribution in [3.8, 4) is 5.75 Å². The number of ether oxygens (including phenoxy) is 1. The first-order chi connectivity index (χ1) is 9.76. The number of carbonyl (C=O) groups excluding carboxylic acids is 1. The molecule has 5 nitrogen and oxygen atoms in total. The first-order valence-electron chi connectivity index (χ1n) is 7.17. The molecule has 1 aliphatic rings. The summed E-state index contributed by atoms with van der Waals surface area (Å²) < 4.78 is 5.24. The minimum Gasteiger partial charge on any atom is -0.497 e. The van der Waals surface area contributed by atoms with Crippen LogP contribution in [0, 0.1) is 0 Å². The Morgan fingerprint density at radius 2 is 2.15 bits per heavy atom. The maximum Gasteiger partial charge on any atom is 0.324 e. The van der Waals surface area contributed by atoms with Gasteiger partial charge in [0.1, 0.15) is 5.75 Å². The van der Waals surface area contributed by atoms with E-state index in [4.69, 9.17) is 10.5 Å². The van der Waals surface area contributed by atoms with E-state index in [0.717, 1.165) is 43.8 Å². The number of nitrogens with two attached hydrogens (primary N) is 1. The molecular formula is C15H23N3O2. The minimum atomic E-state index is 0.0733. The average Bonchev–Trinajstić information content (AvgIpc) is 3.02. The van der Waals surface area contributed by atoms with Crippen molar-refractivity contribution in [3.05, 3.63) is 24.3 Å². The maximum atomic E-state index is 12.6. The van der Waals surface area contributed by atoms with Gasteiger partial charge in [-0.3, -0.25) is 4.90 Å². The first-order valence-corrected chi connectivity index (χ1v) is 7.17. The molecule has 2 rings (SSSR count). The zero-order valence-electron chi connectivity index (χ0n) is 12.0. The topological polar surface area (TPSA) is 58.8 Å². The Bertz CT molecular complexity index is 444. The van der Waals surface area contributed by atoms with Gasteiger partial charge in [-0.2, -0.15) is 0 Å². The van der Waals surface area contributed by atoms with Crippen LogP contribution in [0.1, 0.15) is 19.3 Å². The summed E-state index contributed by atoms with van der Waals surface area (Å²) in [7, 11) is 1.63. The van der Waals surface area contributed by atoms with Gasteiger partial charge in [-0.15, -0.1) is 0 Å². The molecule has 5 heteroatoms. The highest BCUT2D eigenvalue weighted by molar-refractivity contribution is 5.92. The van der Waals surface area contributed by atoms with Crippen molar-refractivity contribution < 1.29 is 9.53 Å². The number of anilines is 1. The van der Waals surface area contributed by atoms with Gasteiger partial charge < -0.3 is 15.4 Å². The van der Waals surface area contributed by atoms with E-state index in [9.17, 15) is 4.79 Å². The van der Waals surface area contributed by atoms with Crippen LogP contribution in [-0.4, -0.2) is 44.2 Å². The molecule has 1 fully saturated rings. The van der Waals surface area contributed by atoms with Crippen molar-refractivity contribution in [2.45, 2.75) is 19.3 Å². The smallest absolute Gasteiger partial charge is 0.324 e. The summed E-state index contributed by atoms with van der Waals surface area (Å²) in [6.45, 7) is 2.91. The lowest BCUT2D eigenvalue weighted by atomic mass is 10.2. The van der Waals surface area contributed by atoms with E-state index in [1.165, 1.54) is 0 Å². The number of likely N-dealkylation sites (tertiary alicyclic amines) is 1. The van der Waals surface area contributed by atoms with Gasteiger partial charge in [0.25, 0.3) is 0 Å². The maximum absolute atomic E-state index is 12.6. The highest BCUT2D eigenvalue weighted by atomic mass is 16.5. The number of hydrogen-bond donors (Lipinski definition) is 1. The van der Waals surface area contributed by atoms with Crippen LogP contribution in [0.4, 0.5) is 10.5 Å². The fourth-order valence-corrected chi connectivity index (χ4v) is 2.44. The van der Waals surface area contributed by atoms with Gasteiger partial charge in [0, 0.05) is 31.4 Å². The van der Waals surface area contributed by atoms with E-state index in [1.807, 2.05) is 29.2 Å². The van der Waals surface area contributed by atoms with Crippen LogP contribution in [-0.2, 0) is 0 Å². The number of nitrogens with zero attached hydrogens (tertiary/aromatic N) is 2. The number of hydrogen-bond acceptors (Lipinski definition) is 3. The van der Waals surface area contributed by atoms with Gasteiger partial charge in [0.15, 0.2) is 0 Å². The van der Waals surface area contributed by atoms with Crippen LogP contribution in [0.25, 0.3) is 0 Å². The van der Waals surface area contributed by atoms with Crippen LogP contribution < -0.4 is 15.4 Å². The van der Waals surface area contributed by atoms with E-state index < -0.39 is 0 Å². The van der Waals surface area contributed by atoms with E-state index >= 15 is 0 Å². The molecule has 1 aromatic carbocycles. The Hall–Kier alpha value is -1.75. The Morgan fingerprint density at radius 1 is 1.40 bits per heavy atom. The highest BCUT2D eigenvalue weighted by Crippen LogP contribution is 2.23. The summed E-state index contributed by atoms with van der Waals surface area (Å²) in [5.41, 5.74) is 6.46. The number of rotatable bonds is 5. The second-order valence-electron chi connectivity index (χ2n) is 4.97. The molecule has 0 bridgehead atoms. The fraction of sp³-hybridized carbons (Fsp3) is 0.533. The largest absolute Gasteiger partial charge is 0.497 e. The molecule has 0 aromatic heterocycles. The normalized spacial score (nSPS) is 14.4. The van der Waals surface area contributed by atoms with Crippen molar-refractivity contribution >= 4 is 11.7 Å². The summed E-state index contributed by atoms with van der Waals surface area (Å²) in [4.78, 5) is 16.3. The molecule has 110 valence electrons. The monoisotopic (exact) mass is 277 g/mol. The van der Waals surface area contributed by atoms with E-state index in [-0.39, 0.29) is 6.03 Å². The fourth-order valence-electron chi connectivity index (χ4n) is 2.44. The van der Waals surface area contributed by atoms with Crippen molar-refractivity contribution in [2.75, 3.05) is 38.2 Å². The zero-order chi connectivity index (χ0) is 14.4. The van der Waals surface area contributed by atoms with Gasteiger partial charge in [-0.1, -0.05) is 6.07 Å². The molecule has 0 saturated carbocycles. The van der Waals surface area contributed by atoms with Crippen molar-refractivity contribution in [1.82, 2.24) is 4.90 Å². The predicted octanol–water partition coefficient (Wildman–Crippen LogP) is 2.07. The molecule has 1 saturated heterocycles. The number of benzene rings is 1. The number of carbonyl (C=O) groups is 1. The molecule has 1 heterocycles. The summed E-state index contributed by atoms with van der Waals surface area (Å²) in [6, 6.07) is 7.69. The molecule has 0 radical (unpaired) electrons. The van der Waals surface area contributed by atoms with Crippen LogP contribution >= 0.6 is 0 Å². The van der Waals surface area contributed by atoms with E-state index in [0.29, 0.717) is 13.1 Å². The van der Waals surface area contributed by atoms with Crippen LogP contribution in [0.3, 0.4) is 0 Å². The third kappa shape index (κ3) is 3.42. The molecule has 2 N–H and O–H groups in total.